The topological polar surface area (TPSA) is 95.5 Å². The second-order valence-electron chi connectivity index (χ2n) is 7.25. The number of amides is 1. The Kier molecular flexibility index (Phi) is 6.86. The average molecular weight is 438 g/mol. The minimum Gasteiger partial charge on any atom is -0.490 e. The van der Waals surface area contributed by atoms with Gasteiger partial charge >= 0.3 is 0 Å². The molecule has 0 aliphatic heterocycles. The fraction of sp³-hybridized carbons (Fsp3) is 0.304. The number of hydrogen-bond acceptors (Lipinski definition) is 7. The number of carbonyl (C=O) groups is 1. The minimum atomic E-state index is -0.597. The Morgan fingerprint density at radius 2 is 2.06 bits per heavy atom. The fourth-order valence-corrected chi connectivity index (χ4v) is 3.03. The molecule has 0 atom stereocenters. The molecule has 1 N–H and O–H groups in total. The monoisotopic (exact) mass is 438 g/mol. The van der Waals surface area contributed by atoms with E-state index in [1.165, 1.54) is 18.5 Å². The number of nitrogens with zero attached hydrogens (tertiary/aromatic N) is 3. The molecular weight excluding hydrogens is 415 g/mol. The standard InChI is InChI=1S/C23H23FN4O4/c1-2-30-22-9-6-15(11-26-22)20-12-25-13-21(27-20)23(29)28-31-14-16-10-18(7-8-19(16)24)32-17-4-3-5-17/h6-13,17H,2-5,14H2,1H3,(H,28,29). The maximum absolute atomic E-state index is 14.1. The molecular formula is C23H23FN4O4. The lowest BCUT2D eigenvalue weighted by Crippen LogP contribution is -2.25. The molecule has 4 rings (SSSR count). The lowest BCUT2D eigenvalue weighted by molar-refractivity contribution is 0.0218. The van der Waals surface area contributed by atoms with E-state index in [0.717, 1.165) is 19.3 Å². The molecule has 8 nitrogen and oxygen atoms in total. The van der Waals surface area contributed by atoms with Gasteiger partial charge in [0.25, 0.3) is 5.91 Å². The van der Waals surface area contributed by atoms with Gasteiger partial charge in [0, 0.05) is 23.4 Å². The van der Waals surface area contributed by atoms with E-state index in [-0.39, 0.29) is 24.0 Å². The quantitative estimate of drug-likeness (QED) is 0.507. The van der Waals surface area contributed by atoms with E-state index in [2.05, 4.69) is 20.4 Å². The Balaban J connectivity index is 1.35. The molecule has 2 heterocycles. The summed E-state index contributed by atoms with van der Waals surface area (Å²) in [6.45, 7) is 2.23. The summed E-state index contributed by atoms with van der Waals surface area (Å²) < 4.78 is 25.2. The molecule has 0 bridgehead atoms. The van der Waals surface area contributed by atoms with Crippen LogP contribution in [0.15, 0.2) is 48.9 Å². The van der Waals surface area contributed by atoms with Gasteiger partial charge in [-0.15, -0.1) is 0 Å². The van der Waals surface area contributed by atoms with Crippen molar-refractivity contribution in [3.05, 3.63) is 66.0 Å². The summed E-state index contributed by atoms with van der Waals surface area (Å²) in [5.41, 5.74) is 3.77. The third-order valence-corrected chi connectivity index (χ3v) is 4.96. The zero-order valence-corrected chi connectivity index (χ0v) is 17.6. The Morgan fingerprint density at radius 1 is 1.19 bits per heavy atom. The number of halogens is 1. The lowest BCUT2D eigenvalue weighted by atomic mass is 9.96. The first kappa shape index (κ1) is 21.6. The van der Waals surface area contributed by atoms with Crippen LogP contribution in [-0.2, 0) is 11.4 Å². The van der Waals surface area contributed by atoms with Gasteiger partial charge in [0.05, 0.1) is 30.8 Å². The third-order valence-electron chi connectivity index (χ3n) is 4.96. The number of nitrogens with one attached hydrogen (secondary N) is 1. The van der Waals surface area contributed by atoms with E-state index in [4.69, 9.17) is 14.3 Å². The van der Waals surface area contributed by atoms with Crippen LogP contribution >= 0.6 is 0 Å². The number of carbonyl (C=O) groups excluding carboxylic acids is 1. The SMILES string of the molecule is CCOc1ccc(-c2cncc(C(=O)NOCc3cc(OC4CCC4)ccc3F)n2)cn1. The highest BCUT2D eigenvalue weighted by Crippen LogP contribution is 2.26. The minimum absolute atomic E-state index is 0.0546. The van der Waals surface area contributed by atoms with Crippen molar-refractivity contribution < 1.29 is 23.5 Å². The maximum Gasteiger partial charge on any atom is 0.295 e. The summed E-state index contributed by atoms with van der Waals surface area (Å²) in [5, 5.41) is 0. The van der Waals surface area contributed by atoms with Crippen molar-refractivity contribution in [2.75, 3.05) is 6.61 Å². The van der Waals surface area contributed by atoms with E-state index >= 15 is 0 Å². The van der Waals surface area contributed by atoms with E-state index in [1.807, 2.05) is 6.92 Å². The Hall–Kier alpha value is -3.59. The van der Waals surface area contributed by atoms with Crippen LogP contribution in [0.5, 0.6) is 11.6 Å². The van der Waals surface area contributed by atoms with Crippen molar-refractivity contribution in [2.45, 2.75) is 38.9 Å². The van der Waals surface area contributed by atoms with Crippen LogP contribution < -0.4 is 15.0 Å². The molecule has 3 aromatic rings. The Morgan fingerprint density at radius 3 is 2.78 bits per heavy atom. The molecule has 1 amide bonds. The number of ether oxygens (including phenoxy) is 2. The average Bonchev–Trinajstić information content (AvgIpc) is 2.79. The second-order valence-corrected chi connectivity index (χ2v) is 7.25. The van der Waals surface area contributed by atoms with Crippen LogP contribution in [0, 0.1) is 5.82 Å². The molecule has 32 heavy (non-hydrogen) atoms. The molecule has 0 unspecified atom stereocenters. The van der Waals surface area contributed by atoms with Crippen molar-refractivity contribution in [1.29, 1.82) is 0 Å². The number of hydrogen-bond donors (Lipinski definition) is 1. The first-order valence-corrected chi connectivity index (χ1v) is 10.4. The smallest absolute Gasteiger partial charge is 0.295 e. The van der Waals surface area contributed by atoms with Gasteiger partial charge in [-0.1, -0.05) is 0 Å². The predicted octanol–water partition coefficient (Wildman–Crippen LogP) is 3.87. The molecule has 166 valence electrons. The van der Waals surface area contributed by atoms with E-state index < -0.39 is 11.7 Å². The fourth-order valence-electron chi connectivity index (χ4n) is 3.03. The summed E-state index contributed by atoms with van der Waals surface area (Å²) in [6.07, 6.45) is 7.78. The van der Waals surface area contributed by atoms with Crippen molar-refractivity contribution in [3.63, 3.8) is 0 Å². The van der Waals surface area contributed by atoms with Gasteiger partial charge in [-0.2, -0.15) is 0 Å². The van der Waals surface area contributed by atoms with Crippen molar-refractivity contribution in [3.8, 4) is 22.9 Å². The van der Waals surface area contributed by atoms with Gasteiger partial charge in [0.1, 0.15) is 23.9 Å². The molecule has 0 saturated heterocycles. The van der Waals surface area contributed by atoms with Crippen LogP contribution in [0.4, 0.5) is 4.39 Å². The lowest BCUT2D eigenvalue weighted by Gasteiger charge is -2.26. The molecule has 9 heteroatoms. The third kappa shape index (κ3) is 5.36. The second kappa shape index (κ2) is 10.1. The summed E-state index contributed by atoms with van der Waals surface area (Å²) in [7, 11) is 0. The van der Waals surface area contributed by atoms with Gasteiger partial charge in [-0.25, -0.2) is 19.8 Å². The number of aromatic nitrogens is 3. The van der Waals surface area contributed by atoms with E-state index in [0.29, 0.717) is 29.5 Å². The maximum atomic E-state index is 14.1. The number of rotatable bonds is 9. The summed E-state index contributed by atoms with van der Waals surface area (Å²) >= 11 is 0. The highest BCUT2D eigenvalue weighted by molar-refractivity contribution is 5.91. The van der Waals surface area contributed by atoms with E-state index in [9.17, 15) is 9.18 Å². The molecule has 1 saturated carbocycles. The highest BCUT2D eigenvalue weighted by atomic mass is 19.1. The largest absolute Gasteiger partial charge is 0.490 e. The van der Waals surface area contributed by atoms with Crippen LogP contribution in [-0.4, -0.2) is 33.6 Å². The van der Waals surface area contributed by atoms with Gasteiger partial charge in [-0.3, -0.25) is 14.6 Å². The number of pyridine rings is 1. The summed E-state index contributed by atoms with van der Waals surface area (Å²) in [5.74, 6) is 0.0509. The van der Waals surface area contributed by atoms with Crippen molar-refractivity contribution in [1.82, 2.24) is 20.4 Å². The normalized spacial score (nSPS) is 13.3. The van der Waals surface area contributed by atoms with Gasteiger partial charge < -0.3 is 9.47 Å². The molecule has 2 aromatic heterocycles. The first-order chi connectivity index (χ1) is 15.6. The van der Waals surface area contributed by atoms with Crippen LogP contribution in [0.25, 0.3) is 11.3 Å². The van der Waals surface area contributed by atoms with Crippen LogP contribution in [0.3, 0.4) is 0 Å². The molecule has 1 aromatic carbocycles. The number of benzene rings is 1. The Labute approximate surface area is 184 Å². The van der Waals surface area contributed by atoms with Crippen molar-refractivity contribution in [2.24, 2.45) is 0 Å². The zero-order valence-electron chi connectivity index (χ0n) is 17.6. The Bertz CT molecular complexity index is 1070. The van der Waals surface area contributed by atoms with Crippen LogP contribution in [0.2, 0.25) is 0 Å². The van der Waals surface area contributed by atoms with E-state index in [1.54, 1.807) is 30.5 Å². The van der Waals surface area contributed by atoms with Crippen molar-refractivity contribution >= 4 is 5.91 Å². The van der Waals surface area contributed by atoms with Gasteiger partial charge in [0.15, 0.2) is 0 Å². The molecule has 0 spiro atoms. The first-order valence-electron chi connectivity index (χ1n) is 10.4. The predicted molar refractivity (Wildman–Crippen MR) is 113 cm³/mol. The summed E-state index contributed by atoms with van der Waals surface area (Å²) in [4.78, 5) is 30.2. The number of hydroxylamine groups is 1. The molecule has 1 aliphatic rings. The highest BCUT2D eigenvalue weighted by Gasteiger charge is 2.19. The zero-order chi connectivity index (χ0) is 22.3. The van der Waals surface area contributed by atoms with Crippen LogP contribution in [0.1, 0.15) is 42.2 Å². The molecule has 1 fully saturated rings. The van der Waals surface area contributed by atoms with Gasteiger partial charge in [-0.05, 0) is 50.5 Å². The summed E-state index contributed by atoms with van der Waals surface area (Å²) in [6, 6.07) is 8.00. The molecule has 1 aliphatic carbocycles. The van der Waals surface area contributed by atoms with Gasteiger partial charge in [0.2, 0.25) is 5.88 Å². The molecule has 0 radical (unpaired) electrons.